The lowest BCUT2D eigenvalue weighted by Crippen LogP contribution is -2.39. The summed E-state index contributed by atoms with van der Waals surface area (Å²) in [5, 5.41) is 8.86. The molecule has 0 spiro atoms. The molecule has 0 unspecified atom stereocenters. The van der Waals surface area contributed by atoms with E-state index in [4.69, 9.17) is 18.9 Å². The van der Waals surface area contributed by atoms with Gasteiger partial charge in [-0.1, -0.05) is 12.1 Å². The van der Waals surface area contributed by atoms with Crippen molar-refractivity contribution in [2.45, 2.75) is 38.1 Å². The van der Waals surface area contributed by atoms with E-state index in [1.54, 1.807) is 13.8 Å². The lowest BCUT2D eigenvalue weighted by molar-refractivity contribution is -0.169. The Kier molecular flexibility index (Phi) is 4.29. The lowest BCUT2D eigenvalue weighted by Gasteiger charge is -2.23. The number of methoxy groups -OCH3 is 1. The average molecular weight is 321 g/mol. The van der Waals surface area contributed by atoms with E-state index in [9.17, 15) is 4.79 Å². The van der Waals surface area contributed by atoms with Crippen LogP contribution in [0.2, 0.25) is 0 Å². The minimum Gasteiger partial charge on any atom is -0.459 e. The molecule has 1 saturated heterocycles. The number of hydrogen-bond acceptors (Lipinski definition) is 7. The summed E-state index contributed by atoms with van der Waals surface area (Å²) in [5.74, 6) is -0.854. The number of rotatable bonds is 6. The zero-order valence-corrected chi connectivity index (χ0v) is 13.2. The maximum absolute atomic E-state index is 10.8. The number of hydrogen-bond donors (Lipinski definition) is 0. The summed E-state index contributed by atoms with van der Waals surface area (Å²) in [5.41, 5.74) is 1.50. The lowest BCUT2D eigenvalue weighted by atomic mass is 10.2. The fraction of sp³-hybridized carbons (Fsp3) is 0.533. The minimum atomic E-state index is -0.854. The van der Waals surface area contributed by atoms with Gasteiger partial charge in [0, 0.05) is 7.11 Å². The van der Waals surface area contributed by atoms with E-state index in [-0.39, 0.29) is 6.61 Å². The second-order valence-electron chi connectivity index (χ2n) is 5.73. The zero-order valence-electron chi connectivity index (χ0n) is 13.2. The van der Waals surface area contributed by atoms with Gasteiger partial charge in [0.2, 0.25) is 6.23 Å². The Hall–Kier alpha value is -2.03. The van der Waals surface area contributed by atoms with Crippen LogP contribution in [0.5, 0.6) is 0 Å². The van der Waals surface area contributed by atoms with Gasteiger partial charge in [0.05, 0.1) is 6.61 Å². The second kappa shape index (κ2) is 6.23. The van der Waals surface area contributed by atoms with Crippen molar-refractivity contribution in [3.63, 3.8) is 0 Å². The summed E-state index contributed by atoms with van der Waals surface area (Å²) in [4.78, 5) is 12.2. The topological polar surface area (TPSA) is 84.7 Å². The molecule has 2 heterocycles. The van der Waals surface area contributed by atoms with Crippen LogP contribution in [-0.4, -0.2) is 53.2 Å². The van der Waals surface area contributed by atoms with Crippen LogP contribution in [0.15, 0.2) is 24.3 Å². The molecule has 1 aliphatic rings. The molecule has 3 rings (SSSR count). The number of nitrogens with zero attached hydrogens (tertiary/aromatic N) is 3. The third-order valence-corrected chi connectivity index (χ3v) is 3.56. The number of benzene rings is 1. The van der Waals surface area contributed by atoms with Crippen LogP contribution in [0.4, 0.5) is 0 Å². The van der Waals surface area contributed by atoms with E-state index in [0.717, 1.165) is 11.0 Å². The molecule has 23 heavy (non-hydrogen) atoms. The molecule has 3 atom stereocenters. The first-order valence-electron chi connectivity index (χ1n) is 7.29. The molecule has 8 nitrogen and oxygen atoms in total. The van der Waals surface area contributed by atoms with E-state index in [2.05, 4.69) is 10.2 Å². The van der Waals surface area contributed by atoms with E-state index in [0.29, 0.717) is 6.47 Å². The Bertz CT molecular complexity index is 654. The maximum atomic E-state index is 10.8. The van der Waals surface area contributed by atoms with Gasteiger partial charge in [0.1, 0.15) is 17.1 Å². The van der Waals surface area contributed by atoms with Crippen molar-refractivity contribution < 1.29 is 23.7 Å². The third kappa shape index (κ3) is 3.19. The van der Waals surface area contributed by atoms with Gasteiger partial charge in [-0.3, -0.25) is 4.79 Å². The van der Waals surface area contributed by atoms with Gasteiger partial charge in [0.25, 0.3) is 6.47 Å². The molecule has 2 aromatic rings. The average Bonchev–Trinajstić information content (AvgIpc) is 3.07. The van der Waals surface area contributed by atoms with Crippen LogP contribution < -0.4 is 0 Å². The highest BCUT2D eigenvalue weighted by Gasteiger charge is 2.48. The summed E-state index contributed by atoms with van der Waals surface area (Å²) >= 11 is 0. The summed E-state index contributed by atoms with van der Waals surface area (Å²) < 4.78 is 22.0. The standard InChI is InChI=1S/C15H19N3O5/c1-15(2)22-13(12(8-20-3)21-9-19)14(23-15)18-16-10-6-4-5-7-11(10)17-18/h4-7,9,12-14H,8H2,1-3H3/t12-,13-,14+/m1/s1. The van der Waals surface area contributed by atoms with Gasteiger partial charge >= 0.3 is 0 Å². The maximum Gasteiger partial charge on any atom is 0.293 e. The van der Waals surface area contributed by atoms with Crippen LogP contribution in [0, 0.1) is 0 Å². The summed E-state index contributed by atoms with van der Waals surface area (Å²) in [6.45, 7) is 4.13. The van der Waals surface area contributed by atoms with Gasteiger partial charge in [-0.15, -0.1) is 0 Å². The van der Waals surface area contributed by atoms with Crippen LogP contribution in [-0.2, 0) is 23.7 Å². The molecule has 8 heteroatoms. The van der Waals surface area contributed by atoms with Crippen LogP contribution >= 0.6 is 0 Å². The van der Waals surface area contributed by atoms with Gasteiger partial charge in [-0.25, -0.2) is 0 Å². The first-order chi connectivity index (χ1) is 11.0. The summed E-state index contributed by atoms with van der Waals surface area (Å²) in [6, 6.07) is 7.50. The third-order valence-electron chi connectivity index (χ3n) is 3.56. The molecule has 0 amide bonds. The Labute approximate surface area is 133 Å². The van der Waals surface area contributed by atoms with Crippen molar-refractivity contribution in [1.82, 2.24) is 15.0 Å². The summed E-state index contributed by atoms with van der Waals surface area (Å²) in [7, 11) is 1.53. The van der Waals surface area contributed by atoms with E-state index >= 15 is 0 Å². The van der Waals surface area contributed by atoms with Crippen molar-refractivity contribution in [3.05, 3.63) is 24.3 Å². The van der Waals surface area contributed by atoms with Crippen molar-refractivity contribution in [3.8, 4) is 0 Å². The molecule has 0 saturated carbocycles. The molecule has 0 aliphatic carbocycles. The zero-order chi connectivity index (χ0) is 16.4. The predicted octanol–water partition coefficient (Wildman–Crippen LogP) is 1.27. The van der Waals surface area contributed by atoms with Gasteiger partial charge in [0.15, 0.2) is 11.9 Å². The Morgan fingerprint density at radius 3 is 2.52 bits per heavy atom. The highest BCUT2D eigenvalue weighted by molar-refractivity contribution is 5.72. The smallest absolute Gasteiger partial charge is 0.293 e. The fourth-order valence-electron chi connectivity index (χ4n) is 2.65. The Morgan fingerprint density at radius 1 is 1.30 bits per heavy atom. The van der Waals surface area contributed by atoms with E-state index < -0.39 is 24.2 Å². The first-order valence-corrected chi connectivity index (χ1v) is 7.29. The molecule has 124 valence electrons. The molecule has 1 fully saturated rings. The Morgan fingerprint density at radius 2 is 1.96 bits per heavy atom. The van der Waals surface area contributed by atoms with Crippen molar-refractivity contribution >= 4 is 17.5 Å². The Balaban J connectivity index is 1.94. The van der Waals surface area contributed by atoms with E-state index in [1.807, 2.05) is 24.3 Å². The van der Waals surface area contributed by atoms with Gasteiger partial charge in [-0.05, 0) is 26.0 Å². The quantitative estimate of drug-likeness (QED) is 0.741. The summed E-state index contributed by atoms with van der Waals surface area (Å²) in [6.07, 6.45) is -1.84. The molecular weight excluding hydrogens is 302 g/mol. The van der Waals surface area contributed by atoms with Gasteiger partial charge in [-0.2, -0.15) is 15.0 Å². The molecular formula is C15H19N3O5. The monoisotopic (exact) mass is 321 g/mol. The second-order valence-corrected chi connectivity index (χ2v) is 5.73. The fourth-order valence-corrected chi connectivity index (χ4v) is 2.65. The number of carbonyl (C=O) groups excluding carboxylic acids is 1. The molecule has 0 N–H and O–H groups in total. The molecule has 1 aliphatic heterocycles. The van der Waals surface area contributed by atoms with E-state index in [1.165, 1.54) is 11.9 Å². The first kappa shape index (κ1) is 15.9. The molecule has 0 bridgehead atoms. The number of fused-ring (bicyclic) bond motifs is 1. The van der Waals surface area contributed by atoms with Gasteiger partial charge < -0.3 is 18.9 Å². The number of ether oxygens (including phenoxy) is 4. The van der Waals surface area contributed by atoms with Crippen molar-refractivity contribution in [2.24, 2.45) is 0 Å². The van der Waals surface area contributed by atoms with Crippen LogP contribution in [0.3, 0.4) is 0 Å². The number of carbonyl (C=O) groups is 1. The van der Waals surface area contributed by atoms with Crippen LogP contribution in [0.1, 0.15) is 20.1 Å². The normalized spacial score (nSPS) is 24.7. The van der Waals surface area contributed by atoms with Crippen molar-refractivity contribution in [2.75, 3.05) is 13.7 Å². The largest absolute Gasteiger partial charge is 0.459 e. The minimum absolute atomic E-state index is 0.181. The number of aromatic nitrogens is 3. The predicted molar refractivity (Wildman–Crippen MR) is 79.4 cm³/mol. The molecule has 0 radical (unpaired) electrons. The van der Waals surface area contributed by atoms with Crippen LogP contribution in [0.25, 0.3) is 11.0 Å². The molecule has 1 aromatic carbocycles. The molecule has 1 aromatic heterocycles. The SMILES string of the molecule is COC[C@@H](OC=O)[C@H]1OC(C)(C)O[C@@H]1n1nc2ccccc2n1. The van der Waals surface area contributed by atoms with Crippen molar-refractivity contribution in [1.29, 1.82) is 0 Å². The highest BCUT2D eigenvalue weighted by atomic mass is 16.8. The highest BCUT2D eigenvalue weighted by Crippen LogP contribution is 2.36.